The Hall–Kier alpha value is -1.63. The van der Waals surface area contributed by atoms with Crippen molar-refractivity contribution in [3.8, 4) is 0 Å². The zero-order valence-electron chi connectivity index (χ0n) is 6.45. The maximum absolute atomic E-state index is 9.57. The number of aromatic nitrogens is 4. The molecule has 7 nitrogen and oxygen atoms in total. The number of carboxylic acid groups (broad SMARTS) is 1. The Morgan fingerprint density at radius 2 is 1.75 bits per heavy atom. The molecule has 0 unspecified atom stereocenters. The lowest BCUT2D eigenvalue weighted by atomic mass is 10.4. The molecule has 0 spiro atoms. The second kappa shape index (κ2) is 6.10. The molecule has 12 heavy (non-hydrogen) atoms. The lowest BCUT2D eigenvalue weighted by Gasteiger charge is -1.90. The Morgan fingerprint density at radius 3 is 1.83 bits per heavy atom. The van der Waals surface area contributed by atoms with E-state index >= 15 is 0 Å². The van der Waals surface area contributed by atoms with Crippen LogP contribution < -0.4 is 5.73 Å². The summed E-state index contributed by atoms with van der Waals surface area (Å²) in [5.74, 6) is -0.963. The van der Waals surface area contributed by atoms with E-state index in [0.29, 0.717) is 0 Å². The normalized spacial score (nSPS) is 10.8. The highest BCUT2D eigenvalue weighted by Crippen LogP contribution is 1.68. The summed E-state index contributed by atoms with van der Waals surface area (Å²) in [5.41, 5.74) is 4.84. The molecule has 1 atom stereocenters. The molecule has 66 valence electrons. The van der Waals surface area contributed by atoms with E-state index in [1.165, 1.54) is 19.3 Å². The van der Waals surface area contributed by atoms with E-state index in [1.54, 1.807) is 0 Å². The van der Waals surface area contributed by atoms with Crippen LogP contribution in [0, 0.1) is 0 Å². The van der Waals surface area contributed by atoms with E-state index in [1.807, 2.05) is 0 Å². The molecule has 0 aliphatic heterocycles. The number of nitrogens with two attached hydrogens (primary N) is 1. The third-order valence-corrected chi connectivity index (χ3v) is 0.733. The van der Waals surface area contributed by atoms with Crippen molar-refractivity contribution in [2.45, 2.75) is 13.0 Å². The fraction of sp³-hybridized carbons (Fsp3) is 0.400. The average Bonchev–Trinajstić information content (AvgIpc) is 2.08. The largest absolute Gasteiger partial charge is 0.480 e. The summed E-state index contributed by atoms with van der Waals surface area (Å²) in [7, 11) is 0. The molecule has 1 aromatic heterocycles. The van der Waals surface area contributed by atoms with Crippen LogP contribution in [0.4, 0.5) is 0 Å². The van der Waals surface area contributed by atoms with Gasteiger partial charge in [0.05, 0.1) is 12.4 Å². The predicted molar refractivity (Wildman–Crippen MR) is 38.9 cm³/mol. The molecule has 0 aromatic carbocycles. The van der Waals surface area contributed by atoms with E-state index in [9.17, 15) is 4.79 Å². The van der Waals surface area contributed by atoms with Crippen molar-refractivity contribution in [1.82, 2.24) is 20.6 Å². The zero-order chi connectivity index (χ0) is 9.40. The first kappa shape index (κ1) is 10.4. The molecule has 1 heterocycles. The highest BCUT2D eigenvalue weighted by molar-refractivity contribution is 5.72. The number of hydrogen-bond acceptors (Lipinski definition) is 6. The standard InChI is InChI=1S/C3H7NO2.C2H2N4/c1-2(4)3(5)6;1-2-4-6-5-3-1/h2H,4H2,1H3,(H,5,6);1-2H/t2-;/m1./s1. The van der Waals surface area contributed by atoms with Gasteiger partial charge >= 0.3 is 5.97 Å². The highest BCUT2D eigenvalue weighted by atomic mass is 16.4. The van der Waals surface area contributed by atoms with E-state index in [4.69, 9.17) is 10.8 Å². The summed E-state index contributed by atoms with van der Waals surface area (Å²) in [5, 5.41) is 20.9. The van der Waals surface area contributed by atoms with Gasteiger partial charge in [0, 0.05) is 0 Å². The van der Waals surface area contributed by atoms with Crippen LogP contribution in [0.25, 0.3) is 0 Å². The van der Waals surface area contributed by atoms with Gasteiger partial charge in [0.1, 0.15) is 6.04 Å². The Balaban J connectivity index is 0.000000202. The number of nitrogens with zero attached hydrogens (tertiary/aromatic N) is 4. The van der Waals surface area contributed by atoms with Crippen LogP contribution in [0.5, 0.6) is 0 Å². The summed E-state index contributed by atoms with van der Waals surface area (Å²) in [4.78, 5) is 9.57. The van der Waals surface area contributed by atoms with Crippen LogP contribution in [-0.4, -0.2) is 37.7 Å². The van der Waals surface area contributed by atoms with Crippen molar-refractivity contribution in [2.75, 3.05) is 0 Å². The van der Waals surface area contributed by atoms with Gasteiger partial charge in [-0.1, -0.05) is 0 Å². The first-order chi connectivity index (χ1) is 5.64. The van der Waals surface area contributed by atoms with Crippen LogP contribution >= 0.6 is 0 Å². The minimum atomic E-state index is -0.963. The van der Waals surface area contributed by atoms with Crippen LogP contribution in [0.1, 0.15) is 6.92 Å². The van der Waals surface area contributed by atoms with Gasteiger partial charge in [-0.15, -0.1) is 10.2 Å². The van der Waals surface area contributed by atoms with Crippen molar-refractivity contribution in [2.24, 2.45) is 5.73 Å². The molecule has 0 radical (unpaired) electrons. The molecule has 1 rings (SSSR count). The number of hydrogen-bond donors (Lipinski definition) is 2. The third kappa shape index (κ3) is 6.49. The Kier molecular flexibility index (Phi) is 5.28. The Bertz CT molecular complexity index is 188. The summed E-state index contributed by atoms with van der Waals surface area (Å²) in [6, 6.07) is -0.731. The van der Waals surface area contributed by atoms with Crippen molar-refractivity contribution >= 4 is 5.97 Å². The Morgan fingerprint density at radius 1 is 1.42 bits per heavy atom. The quantitative estimate of drug-likeness (QED) is 0.538. The third-order valence-electron chi connectivity index (χ3n) is 0.733. The van der Waals surface area contributed by atoms with Gasteiger partial charge in [0.2, 0.25) is 0 Å². The lowest BCUT2D eigenvalue weighted by molar-refractivity contribution is -0.138. The van der Waals surface area contributed by atoms with Crippen molar-refractivity contribution in [3.05, 3.63) is 12.4 Å². The Labute approximate surface area is 68.6 Å². The monoisotopic (exact) mass is 171 g/mol. The van der Waals surface area contributed by atoms with Gasteiger partial charge in [0.25, 0.3) is 0 Å². The van der Waals surface area contributed by atoms with Gasteiger partial charge in [-0.3, -0.25) is 4.79 Å². The minimum Gasteiger partial charge on any atom is -0.480 e. The number of carbonyl (C=O) groups is 1. The molecule has 0 aliphatic rings. The van der Waals surface area contributed by atoms with Gasteiger partial charge in [-0.05, 0) is 17.4 Å². The van der Waals surface area contributed by atoms with E-state index in [2.05, 4.69) is 20.6 Å². The van der Waals surface area contributed by atoms with Crippen LogP contribution in [0.15, 0.2) is 12.4 Å². The molecule has 3 N–H and O–H groups in total. The van der Waals surface area contributed by atoms with Crippen molar-refractivity contribution in [3.63, 3.8) is 0 Å². The molecule has 0 fully saturated rings. The number of aliphatic carboxylic acids is 1. The molecule has 0 amide bonds. The van der Waals surface area contributed by atoms with Gasteiger partial charge in [-0.2, -0.15) is 0 Å². The van der Waals surface area contributed by atoms with Crippen LogP contribution in [0.2, 0.25) is 0 Å². The van der Waals surface area contributed by atoms with Crippen molar-refractivity contribution < 1.29 is 9.90 Å². The zero-order valence-corrected chi connectivity index (χ0v) is 6.45. The lowest BCUT2D eigenvalue weighted by Crippen LogP contribution is -2.25. The second-order valence-electron chi connectivity index (χ2n) is 1.83. The van der Waals surface area contributed by atoms with E-state index in [-0.39, 0.29) is 0 Å². The molecule has 0 aliphatic carbocycles. The minimum absolute atomic E-state index is 0.731. The van der Waals surface area contributed by atoms with Gasteiger partial charge in [0.15, 0.2) is 0 Å². The molecular weight excluding hydrogens is 162 g/mol. The average molecular weight is 171 g/mol. The smallest absolute Gasteiger partial charge is 0.320 e. The number of carboxylic acids is 1. The fourth-order valence-electron chi connectivity index (χ4n) is 0.165. The molecular formula is C5H9N5O2. The maximum Gasteiger partial charge on any atom is 0.320 e. The first-order valence-electron chi connectivity index (χ1n) is 3.08. The summed E-state index contributed by atoms with van der Waals surface area (Å²) < 4.78 is 0. The topological polar surface area (TPSA) is 115 Å². The molecule has 0 bridgehead atoms. The second-order valence-corrected chi connectivity index (χ2v) is 1.83. The SMILES string of the molecule is C[C@@H](N)C(=O)O.c1cnnnn1. The van der Waals surface area contributed by atoms with Crippen molar-refractivity contribution in [1.29, 1.82) is 0 Å². The fourth-order valence-corrected chi connectivity index (χ4v) is 0.165. The molecule has 0 saturated carbocycles. The van der Waals surface area contributed by atoms with Gasteiger partial charge < -0.3 is 10.8 Å². The molecule has 0 saturated heterocycles. The van der Waals surface area contributed by atoms with E-state index in [0.717, 1.165) is 0 Å². The van der Waals surface area contributed by atoms with E-state index < -0.39 is 12.0 Å². The summed E-state index contributed by atoms with van der Waals surface area (Å²) >= 11 is 0. The molecule has 1 aromatic rings. The first-order valence-corrected chi connectivity index (χ1v) is 3.08. The van der Waals surface area contributed by atoms with Crippen LogP contribution in [0.3, 0.4) is 0 Å². The number of rotatable bonds is 1. The van der Waals surface area contributed by atoms with Crippen LogP contribution in [-0.2, 0) is 4.79 Å². The summed E-state index contributed by atoms with van der Waals surface area (Å²) in [6.45, 7) is 1.42. The summed E-state index contributed by atoms with van der Waals surface area (Å²) in [6.07, 6.45) is 2.93. The maximum atomic E-state index is 9.57. The van der Waals surface area contributed by atoms with Gasteiger partial charge in [-0.25, -0.2) is 0 Å². The highest BCUT2D eigenvalue weighted by Gasteiger charge is 1.99. The molecule has 7 heteroatoms. The predicted octanol–water partition coefficient (Wildman–Crippen LogP) is -1.32.